The molecule has 1 aliphatic rings. The molecule has 0 fully saturated rings. The fraction of sp³-hybridized carbons (Fsp3) is 0.400. The average Bonchev–Trinajstić information content (AvgIpc) is 2.57. The molecule has 1 atom stereocenters. The third kappa shape index (κ3) is 1.38. The molecule has 1 aromatic heterocycles. The van der Waals surface area contributed by atoms with Gasteiger partial charge in [0.2, 0.25) is 0 Å². The third-order valence-electron chi connectivity index (χ3n) is 2.71. The van der Waals surface area contributed by atoms with Crippen LogP contribution in [0.25, 0.3) is 0 Å². The summed E-state index contributed by atoms with van der Waals surface area (Å²) < 4.78 is 0. The molecule has 0 radical (unpaired) electrons. The van der Waals surface area contributed by atoms with Crippen LogP contribution in [0.15, 0.2) is 6.20 Å². The summed E-state index contributed by atoms with van der Waals surface area (Å²) in [4.78, 5) is 14.9. The highest BCUT2D eigenvalue weighted by Gasteiger charge is 2.30. The molecule has 0 saturated heterocycles. The SMILES string of the molecule is Cc1ncc(Cl)c2c1CC(C(=O)O)C2. The van der Waals surface area contributed by atoms with E-state index < -0.39 is 5.97 Å². The first-order valence-corrected chi connectivity index (χ1v) is 4.83. The van der Waals surface area contributed by atoms with Gasteiger partial charge in [0.05, 0.1) is 10.9 Å². The van der Waals surface area contributed by atoms with Crippen molar-refractivity contribution in [1.29, 1.82) is 0 Å². The van der Waals surface area contributed by atoms with Gasteiger partial charge in [0.25, 0.3) is 0 Å². The Morgan fingerprint density at radius 2 is 2.21 bits per heavy atom. The molecule has 1 N–H and O–H groups in total. The van der Waals surface area contributed by atoms with E-state index in [4.69, 9.17) is 16.7 Å². The molecule has 3 nitrogen and oxygen atoms in total. The van der Waals surface area contributed by atoms with E-state index in [0.29, 0.717) is 17.9 Å². The van der Waals surface area contributed by atoms with Crippen molar-refractivity contribution in [1.82, 2.24) is 4.98 Å². The molecule has 1 heterocycles. The van der Waals surface area contributed by atoms with E-state index in [1.165, 1.54) is 0 Å². The third-order valence-corrected chi connectivity index (χ3v) is 3.04. The van der Waals surface area contributed by atoms with Gasteiger partial charge in [-0.3, -0.25) is 9.78 Å². The Morgan fingerprint density at radius 1 is 1.57 bits per heavy atom. The Hall–Kier alpha value is -1.09. The summed E-state index contributed by atoms with van der Waals surface area (Å²) in [5.41, 5.74) is 2.88. The monoisotopic (exact) mass is 211 g/mol. The van der Waals surface area contributed by atoms with E-state index in [-0.39, 0.29) is 5.92 Å². The predicted octanol–water partition coefficient (Wildman–Crippen LogP) is 1.84. The second-order valence-electron chi connectivity index (χ2n) is 3.59. The Morgan fingerprint density at radius 3 is 2.79 bits per heavy atom. The molecule has 1 aromatic rings. The number of hydrogen-bond donors (Lipinski definition) is 1. The number of carboxylic acids is 1. The molecule has 0 aliphatic heterocycles. The number of nitrogens with zero attached hydrogens (tertiary/aromatic N) is 1. The summed E-state index contributed by atoms with van der Waals surface area (Å²) in [7, 11) is 0. The molecular formula is C10H10ClNO2. The fourth-order valence-corrected chi connectivity index (χ4v) is 2.14. The highest BCUT2D eigenvalue weighted by Crippen LogP contribution is 2.33. The van der Waals surface area contributed by atoms with Gasteiger partial charge in [0, 0.05) is 11.9 Å². The number of fused-ring (bicyclic) bond motifs is 1. The molecule has 4 heteroatoms. The lowest BCUT2D eigenvalue weighted by Gasteiger charge is -2.03. The standard InChI is InChI=1S/C10H10ClNO2/c1-5-7-2-6(10(13)14)3-8(7)9(11)4-12-5/h4,6H,2-3H2,1H3,(H,13,14). The van der Waals surface area contributed by atoms with E-state index in [0.717, 1.165) is 16.8 Å². The number of carboxylic acid groups (broad SMARTS) is 1. The number of rotatable bonds is 1. The van der Waals surface area contributed by atoms with Crippen molar-refractivity contribution in [2.45, 2.75) is 19.8 Å². The summed E-state index contributed by atoms with van der Waals surface area (Å²) in [6.07, 6.45) is 2.69. The van der Waals surface area contributed by atoms with Crippen LogP contribution in [0.5, 0.6) is 0 Å². The first-order valence-electron chi connectivity index (χ1n) is 4.45. The Bertz CT molecular complexity index is 372. The first-order chi connectivity index (χ1) is 6.59. The second-order valence-corrected chi connectivity index (χ2v) is 4.00. The molecule has 1 aliphatic carbocycles. The molecule has 0 bridgehead atoms. The predicted molar refractivity (Wildman–Crippen MR) is 52.5 cm³/mol. The van der Waals surface area contributed by atoms with Crippen molar-refractivity contribution < 1.29 is 9.90 Å². The van der Waals surface area contributed by atoms with Crippen molar-refractivity contribution in [3.05, 3.63) is 28.0 Å². The van der Waals surface area contributed by atoms with Gasteiger partial charge in [-0.05, 0) is 30.9 Å². The molecule has 0 amide bonds. The number of aromatic nitrogens is 1. The summed E-state index contributed by atoms with van der Waals surface area (Å²) in [6.45, 7) is 1.89. The lowest BCUT2D eigenvalue weighted by molar-refractivity contribution is -0.141. The number of halogens is 1. The van der Waals surface area contributed by atoms with Crippen LogP contribution in [0.2, 0.25) is 5.02 Å². The number of aliphatic carboxylic acids is 1. The number of hydrogen-bond acceptors (Lipinski definition) is 2. The Balaban J connectivity index is 2.43. The minimum Gasteiger partial charge on any atom is -0.481 e. The van der Waals surface area contributed by atoms with E-state index in [1.54, 1.807) is 6.20 Å². The van der Waals surface area contributed by atoms with Gasteiger partial charge in [-0.25, -0.2) is 0 Å². The topological polar surface area (TPSA) is 50.2 Å². The molecule has 14 heavy (non-hydrogen) atoms. The molecule has 0 saturated carbocycles. The van der Waals surface area contributed by atoms with E-state index in [9.17, 15) is 4.79 Å². The summed E-state index contributed by atoms with van der Waals surface area (Å²) in [5.74, 6) is -1.08. The summed E-state index contributed by atoms with van der Waals surface area (Å²) in [6, 6.07) is 0. The maximum absolute atomic E-state index is 10.8. The zero-order valence-electron chi connectivity index (χ0n) is 7.75. The van der Waals surface area contributed by atoms with Crippen molar-refractivity contribution in [3.63, 3.8) is 0 Å². The summed E-state index contributed by atoms with van der Waals surface area (Å²) in [5, 5.41) is 9.50. The van der Waals surface area contributed by atoms with Crippen LogP contribution in [0.1, 0.15) is 16.8 Å². The minimum atomic E-state index is -0.753. The molecule has 74 valence electrons. The lowest BCUT2D eigenvalue weighted by atomic mass is 10.1. The van der Waals surface area contributed by atoms with Gasteiger partial charge in [-0.15, -0.1) is 0 Å². The minimum absolute atomic E-state index is 0.328. The maximum atomic E-state index is 10.8. The van der Waals surface area contributed by atoms with Crippen LogP contribution < -0.4 is 0 Å². The molecule has 0 spiro atoms. The van der Waals surface area contributed by atoms with Crippen molar-refractivity contribution in [2.75, 3.05) is 0 Å². The van der Waals surface area contributed by atoms with Crippen molar-refractivity contribution in [3.8, 4) is 0 Å². The van der Waals surface area contributed by atoms with Crippen LogP contribution in [0.4, 0.5) is 0 Å². The van der Waals surface area contributed by atoms with E-state index in [2.05, 4.69) is 4.98 Å². The smallest absolute Gasteiger partial charge is 0.307 e. The van der Waals surface area contributed by atoms with Crippen molar-refractivity contribution >= 4 is 17.6 Å². The lowest BCUT2D eigenvalue weighted by Crippen LogP contribution is -2.13. The van der Waals surface area contributed by atoms with Gasteiger partial charge in [0.15, 0.2) is 0 Å². The van der Waals surface area contributed by atoms with Gasteiger partial charge >= 0.3 is 5.97 Å². The van der Waals surface area contributed by atoms with Gasteiger partial charge in [0.1, 0.15) is 0 Å². The highest BCUT2D eigenvalue weighted by atomic mass is 35.5. The maximum Gasteiger partial charge on any atom is 0.307 e. The van der Waals surface area contributed by atoms with Crippen molar-refractivity contribution in [2.24, 2.45) is 5.92 Å². The largest absolute Gasteiger partial charge is 0.481 e. The average molecular weight is 212 g/mol. The zero-order chi connectivity index (χ0) is 10.3. The van der Waals surface area contributed by atoms with Crippen LogP contribution in [-0.4, -0.2) is 16.1 Å². The van der Waals surface area contributed by atoms with Crippen LogP contribution in [-0.2, 0) is 17.6 Å². The normalized spacial score (nSPS) is 19.4. The van der Waals surface area contributed by atoms with E-state index >= 15 is 0 Å². The molecule has 1 unspecified atom stereocenters. The Labute approximate surface area is 86.7 Å². The van der Waals surface area contributed by atoms with Crippen LogP contribution in [0, 0.1) is 12.8 Å². The molecule has 2 rings (SSSR count). The van der Waals surface area contributed by atoms with E-state index in [1.807, 2.05) is 6.92 Å². The number of aryl methyl sites for hydroxylation is 1. The second kappa shape index (κ2) is 3.24. The molecule has 0 aromatic carbocycles. The van der Waals surface area contributed by atoms with Gasteiger partial charge in [-0.2, -0.15) is 0 Å². The zero-order valence-corrected chi connectivity index (χ0v) is 8.51. The van der Waals surface area contributed by atoms with Crippen LogP contribution in [0.3, 0.4) is 0 Å². The first kappa shape index (κ1) is 9.46. The Kier molecular flexibility index (Phi) is 2.19. The molecular weight excluding hydrogens is 202 g/mol. The van der Waals surface area contributed by atoms with Crippen LogP contribution >= 0.6 is 11.6 Å². The summed E-state index contributed by atoms with van der Waals surface area (Å²) >= 11 is 5.96. The highest BCUT2D eigenvalue weighted by molar-refractivity contribution is 6.31. The number of pyridine rings is 1. The number of carbonyl (C=O) groups is 1. The quantitative estimate of drug-likeness (QED) is 0.771. The fourth-order valence-electron chi connectivity index (χ4n) is 1.90. The van der Waals surface area contributed by atoms with Gasteiger partial charge < -0.3 is 5.11 Å². The van der Waals surface area contributed by atoms with Gasteiger partial charge in [-0.1, -0.05) is 11.6 Å².